The number of H-pyrrole nitrogens is 1. The molecular formula is C24H26N6O3. The summed E-state index contributed by atoms with van der Waals surface area (Å²) in [6, 6.07) is 11.3. The number of carbonyl (C=O) groups excluding carboxylic acids is 1. The van der Waals surface area contributed by atoms with Crippen LogP contribution in [0.3, 0.4) is 0 Å². The quantitative estimate of drug-likeness (QED) is 0.551. The number of nitrogens with zero attached hydrogens (tertiary/aromatic N) is 5. The van der Waals surface area contributed by atoms with E-state index >= 15 is 0 Å². The van der Waals surface area contributed by atoms with Crippen LogP contribution < -0.4 is 10.5 Å². The number of aromatic amines is 1. The van der Waals surface area contributed by atoms with E-state index in [1.165, 1.54) is 0 Å². The van der Waals surface area contributed by atoms with Crippen LogP contribution in [0.4, 0.5) is 5.82 Å². The van der Waals surface area contributed by atoms with Gasteiger partial charge in [-0.25, -0.2) is 10.1 Å². The number of pyridine rings is 1. The fraction of sp³-hybridized carbons (Fsp3) is 0.375. The zero-order valence-electron chi connectivity index (χ0n) is 18.5. The van der Waals surface area contributed by atoms with E-state index in [1.54, 1.807) is 24.5 Å². The zero-order valence-corrected chi connectivity index (χ0v) is 18.5. The lowest BCUT2D eigenvalue weighted by molar-refractivity contribution is -0.134. The lowest BCUT2D eigenvalue weighted by atomic mass is 10.1. The summed E-state index contributed by atoms with van der Waals surface area (Å²) in [4.78, 5) is 33.0. The topological polar surface area (TPSA) is 115 Å². The van der Waals surface area contributed by atoms with Gasteiger partial charge in [0.2, 0.25) is 5.91 Å². The van der Waals surface area contributed by atoms with Crippen LogP contribution in [-0.4, -0.2) is 64.9 Å². The minimum absolute atomic E-state index is 0.0602. The summed E-state index contributed by atoms with van der Waals surface area (Å²) in [5.74, 6) is 0.901. The molecule has 2 aromatic heterocycles. The van der Waals surface area contributed by atoms with Crippen LogP contribution >= 0.6 is 0 Å². The van der Waals surface area contributed by atoms with Crippen molar-refractivity contribution in [1.29, 1.82) is 5.26 Å². The van der Waals surface area contributed by atoms with E-state index in [0.717, 1.165) is 16.8 Å². The number of hydrogen-bond donors (Lipinski definition) is 1. The highest BCUT2D eigenvalue weighted by molar-refractivity contribution is 5.83. The van der Waals surface area contributed by atoms with Gasteiger partial charge in [0, 0.05) is 37.3 Å². The first-order valence-electron chi connectivity index (χ1n) is 11.0. The van der Waals surface area contributed by atoms with E-state index in [1.807, 2.05) is 30.0 Å². The molecule has 1 aromatic carbocycles. The van der Waals surface area contributed by atoms with Crippen LogP contribution in [0.25, 0.3) is 10.8 Å². The van der Waals surface area contributed by atoms with E-state index in [4.69, 9.17) is 10.00 Å². The number of nitrogens with one attached hydrogen (secondary N) is 1. The molecule has 1 N–H and O–H groups in total. The Labute approximate surface area is 191 Å². The number of ether oxygens (including phenoxy) is 1. The molecule has 1 aliphatic rings. The minimum atomic E-state index is -0.204. The Kier molecular flexibility index (Phi) is 6.95. The molecule has 4 rings (SSSR count). The Bertz CT molecular complexity index is 1220. The van der Waals surface area contributed by atoms with Gasteiger partial charge in [-0.2, -0.15) is 10.4 Å². The number of anilines is 1. The minimum Gasteiger partial charge on any atom is -0.381 e. The molecule has 0 radical (unpaired) electrons. The molecule has 1 fully saturated rings. The normalized spacial score (nSPS) is 16.1. The largest absolute Gasteiger partial charge is 0.381 e. The standard InChI is InChI=1S/C24H26N6O3/c1-17-16-29(22-6-5-18(13-25)14-26-22)9-10-30(17)23(31)8-12-33-11-7-19-3-2-4-20-21(19)15-27-28-24(20)32/h2-6,14-15,17H,7-12,16H2,1H3,(H,28,32). The van der Waals surface area contributed by atoms with Gasteiger partial charge in [-0.3, -0.25) is 9.59 Å². The van der Waals surface area contributed by atoms with Gasteiger partial charge in [0.25, 0.3) is 5.56 Å². The molecule has 1 unspecified atom stereocenters. The number of carbonyl (C=O) groups is 1. The lowest BCUT2D eigenvalue weighted by Crippen LogP contribution is -2.54. The molecule has 1 atom stereocenters. The molecule has 0 aliphatic carbocycles. The summed E-state index contributed by atoms with van der Waals surface area (Å²) in [5, 5.41) is 16.7. The second kappa shape index (κ2) is 10.2. The van der Waals surface area contributed by atoms with E-state index in [2.05, 4.69) is 26.2 Å². The molecule has 0 spiro atoms. The number of piperazine rings is 1. The maximum Gasteiger partial charge on any atom is 0.272 e. The van der Waals surface area contributed by atoms with Crippen LogP contribution in [0.1, 0.15) is 24.5 Å². The third-order valence-corrected chi connectivity index (χ3v) is 5.93. The predicted octanol–water partition coefficient (Wildman–Crippen LogP) is 1.88. The second-order valence-electron chi connectivity index (χ2n) is 8.09. The molecule has 9 nitrogen and oxygen atoms in total. The third-order valence-electron chi connectivity index (χ3n) is 5.93. The van der Waals surface area contributed by atoms with Gasteiger partial charge in [-0.1, -0.05) is 12.1 Å². The molecule has 33 heavy (non-hydrogen) atoms. The number of aromatic nitrogens is 3. The van der Waals surface area contributed by atoms with Gasteiger partial charge in [0.1, 0.15) is 11.9 Å². The number of amides is 1. The Morgan fingerprint density at radius 3 is 2.85 bits per heavy atom. The third kappa shape index (κ3) is 5.18. The fourth-order valence-electron chi connectivity index (χ4n) is 4.16. The van der Waals surface area contributed by atoms with E-state index in [9.17, 15) is 9.59 Å². The van der Waals surface area contributed by atoms with Crippen LogP contribution in [0.5, 0.6) is 0 Å². The van der Waals surface area contributed by atoms with Crippen molar-refractivity contribution >= 4 is 22.5 Å². The highest BCUT2D eigenvalue weighted by Crippen LogP contribution is 2.18. The first-order chi connectivity index (χ1) is 16.1. The molecule has 1 saturated heterocycles. The average Bonchev–Trinajstić information content (AvgIpc) is 2.84. The van der Waals surface area contributed by atoms with E-state index in [0.29, 0.717) is 56.6 Å². The summed E-state index contributed by atoms with van der Waals surface area (Å²) in [5.41, 5.74) is 1.33. The first kappa shape index (κ1) is 22.4. The SMILES string of the molecule is CC1CN(c2ccc(C#N)cn2)CCN1C(=O)CCOCCc1cccc2c(=O)[nH]ncc12. The number of benzene rings is 1. The summed E-state index contributed by atoms with van der Waals surface area (Å²) >= 11 is 0. The van der Waals surface area contributed by atoms with Gasteiger partial charge < -0.3 is 14.5 Å². The zero-order chi connectivity index (χ0) is 23.2. The molecule has 3 aromatic rings. The van der Waals surface area contributed by atoms with Crippen molar-refractivity contribution in [2.24, 2.45) is 0 Å². The van der Waals surface area contributed by atoms with Crippen molar-refractivity contribution < 1.29 is 9.53 Å². The highest BCUT2D eigenvalue weighted by Gasteiger charge is 2.27. The molecule has 3 heterocycles. The molecular weight excluding hydrogens is 420 g/mol. The number of rotatable bonds is 7. The maximum absolute atomic E-state index is 12.7. The van der Waals surface area contributed by atoms with Crippen LogP contribution in [0.15, 0.2) is 47.5 Å². The first-order valence-corrected chi connectivity index (χ1v) is 11.0. The van der Waals surface area contributed by atoms with Crippen molar-refractivity contribution in [3.05, 3.63) is 64.2 Å². The Hall–Kier alpha value is -3.77. The predicted molar refractivity (Wildman–Crippen MR) is 124 cm³/mol. The van der Waals surface area contributed by atoms with Crippen LogP contribution in [0.2, 0.25) is 0 Å². The number of hydrogen-bond acceptors (Lipinski definition) is 7. The Balaban J connectivity index is 1.22. The number of nitriles is 1. The number of fused-ring (bicyclic) bond motifs is 1. The van der Waals surface area contributed by atoms with Crippen molar-refractivity contribution in [2.45, 2.75) is 25.8 Å². The molecule has 0 bridgehead atoms. The highest BCUT2D eigenvalue weighted by atomic mass is 16.5. The smallest absolute Gasteiger partial charge is 0.272 e. The monoisotopic (exact) mass is 446 g/mol. The molecule has 170 valence electrons. The van der Waals surface area contributed by atoms with Gasteiger partial charge in [-0.15, -0.1) is 0 Å². The summed E-state index contributed by atoms with van der Waals surface area (Å²) in [6.07, 6.45) is 4.20. The Morgan fingerprint density at radius 1 is 1.21 bits per heavy atom. The average molecular weight is 447 g/mol. The van der Waals surface area contributed by atoms with E-state index < -0.39 is 0 Å². The van der Waals surface area contributed by atoms with Crippen LogP contribution in [0, 0.1) is 11.3 Å². The van der Waals surface area contributed by atoms with Crippen molar-refractivity contribution in [1.82, 2.24) is 20.1 Å². The van der Waals surface area contributed by atoms with Crippen LogP contribution in [-0.2, 0) is 16.0 Å². The van der Waals surface area contributed by atoms with Crippen molar-refractivity contribution in [3.63, 3.8) is 0 Å². The van der Waals surface area contributed by atoms with Crippen molar-refractivity contribution in [3.8, 4) is 6.07 Å². The Morgan fingerprint density at radius 2 is 2.09 bits per heavy atom. The second-order valence-corrected chi connectivity index (χ2v) is 8.09. The summed E-state index contributed by atoms with van der Waals surface area (Å²) < 4.78 is 5.73. The van der Waals surface area contributed by atoms with Gasteiger partial charge >= 0.3 is 0 Å². The molecule has 9 heteroatoms. The molecule has 0 saturated carbocycles. The van der Waals surface area contributed by atoms with E-state index in [-0.39, 0.29) is 17.5 Å². The summed E-state index contributed by atoms with van der Waals surface area (Å²) in [6.45, 7) is 4.87. The maximum atomic E-state index is 12.7. The van der Waals surface area contributed by atoms with Gasteiger partial charge in [0.05, 0.1) is 36.8 Å². The van der Waals surface area contributed by atoms with Crippen molar-refractivity contribution in [2.75, 3.05) is 37.7 Å². The van der Waals surface area contributed by atoms with Gasteiger partial charge in [-0.05, 0) is 37.1 Å². The summed E-state index contributed by atoms with van der Waals surface area (Å²) in [7, 11) is 0. The lowest BCUT2D eigenvalue weighted by Gasteiger charge is -2.40. The molecule has 1 aliphatic heterocycles. The fourth-order valence-corrected chi connectivity index (χ4v) is 4.16. The van der Waals surface area contributed by atoms with Gasteiger partial charge in [0.15, 0.2) is 0 Å². The molecule has 1 amide bonds.